The highest BCUT2D eigenvalue weighted by Crippen LogP contribution is 2.24. The van der Waals surface area contributed by atoms with Crippen molar-refractivity contribution in [3.05, 3.63) is 28.2 Å². The fraction of sp³-hybridized carbons (Fsp3) is 0.222. The van der Waals surface area contributed by atoms with Crippen LogP contribution in [0.4, 0.5) is 0 Å². The van der Waals surface area contributed by atoms with Gasteiger partial charge < -0.3 is 5.11 Å². The highest BCUT2D eigenvalue weighted by Gasteiger charge is 2.17. The number of halogens is 1. The van der Waals surface area contributed by atoms with Crippen LogP contribution in [0.3, 0.4) is 0 Å². The predicted octanol–water partition coefficient (Wildman–Crippen LogP) is 1.48. The van der Waals surface area contributed by atoms with E-state index in [9.17, 15) is 13.2 Å². The smallest absolute Gasteiger partial charge is 0.307 e. The molecule has 0 amide bonds. The highest BCUT2D eigenvalue weighted by atomic mass is 79.9. The molecular weight excluding hydrogens is 284 g/mol. The van der Waals surface area contributed by atoms with Crippen LogP contribution in [0.25, 0.3) is 0 Å². The molecule has 0 aromatic heterocycles. The van der Waals surface area contributed by atoms with Crippen LogP contribution in [0.15, 0.2) is 27.6 Å². The first-order chi connectivity index (χ1) is 6.82. The standard InChI is InChI=1S/C9H9BrO4S/c1-15(13,14)8-4-2-3-7(10)6(8)5-9(11)12/h2-4H,5H2,1H3,(H,11,12). The van der Waals surface area contributed by atoms with Crippen molar-refractivity contribution in [2.45, 2.75) is 11.3 Å². The van der Waals surface area contributed by atoms with Gasteiger partial charge >= 0.3 is 5.97 Å². The van der Waals surface area contributed by atoms with Gasteiger partial charge in [-0.15, -0.1) is 0 Å². The molecule has 1 aromatic rings. The Morgan fingerprint density at radius 2 is 2.07 bits per heavy atom. The molecule has 6 heteroatoms. The molecule has 0 fully saturated rings. The molecule has 0 bridgehead atoms. The first-order valence-corrected chi connectivity index (χ1v) is 6.70. The maximum absolute atomic E-state index is 11.4. The molecule has 0 atom stereocenters. The molecule has 0 aliphatic carbocycles. The van der Waals surface area contributed by atoms with Gasteiger partial charge in [0.15, 0.2) is 9.84 Å². The molecule has 0 aliphatic rings. The van der Waals surface area contributed by atoms with E-state index in [-0.39, 0.29) is 16.9 Å². The second-order valence-corrected chi connectivity index (χ2v) is 5.90. The fourth-order valence-corrected chi connectivity index (χ4v) is 2.80. The number of carboxylic acids is 1. The predicted molar refractivity (Wildman–Crippen MR) is 58.6 cm³/mol. The summed E-state index contributed by atoms with van der Waals surface area (Å²) >= 11 is 3.14. The molecule has 0 unspecified atom stereocenters. The molecule has 0 saturated heterocycles. The van der Waals surface area contributed by atoms with Gasteiger partial charge in [-0.2, -0.15) is 0 Å². The van der Waals surface area contributed by atoms with Crippen LogP contribution in [-0.2, 0) is 21.1 Å². The van der Waals surface area contributed by atoms with Crippen LogP contribution in [0.2, 0.25) is 0 Å². The Morgan fingerprint density at radius 3 is 2.53 bits per heavy atom. The summed E-state index contributed by atoms with van der Waals surface area (Å²) in [5, 5.41) is 8.67. The number of carboxylic acid groups (broad SMARTS) is 1. The molecular formula is C9H9BrO4S. The lowest BCUT2D eigenvalue weighted by Gasteiger charge is -2.07. The zero-order valence-corrected chi connectivity index (χ0v) is 10.3. The van der Waals surface area contributed by atoms with E-state index in [1.807, 2.05) is 0 Å². The molecule has 1 N–H and O–H groups in total. The molecule has 0 radical (unpaired) electrons. The van der Waals surface area contributed by atoms with E-state index >= 15 is 0 Å². The Kier molecular flexibility index (Phi) is 3.51. The number of hydrogen-bond acceptors (Lipinski definition) is 3. The maximum Gasteiger partial charge on any atom is 0.307 e. The molecule has 15 heavy (non-hydrogen) atoms. The molecule has 82 valence electrons. The third kappa shape index (κ3) is 3.04. The lowest BCUT2D eigenvalue weighted by Crippen LogP contribution is -2.08. The normalized spacial score (nSPS) is 11.3. The average Bonchev–Trinajstić information content (AvgIpc) is 2.05. The van der Waals surface area contributed by atoms with Crippen LogP contribution >= 0.6 is 15.9 Å². The van der Waals surface area contributed by atoms with Crippen LogP contribution in [0.5, 0.6) is 0 Å². The van der Waals surface area contributed by atoms with Crippen LogP contribution < -0.4 is 0 Å². The summed E-state index contributed by atoms with van der Waals surface area (Å²) in [6, 6.07) is 4.58. The number of sulfone groups is 1. The van der Waals surface area contributed by atoms with Crippen LogP contribution in [0, 0.1) is 0 Å². The summed E-state index contributed by atoms with van der Waals surface area (Å²) < 4.78 is 23.2. The second-order valence-electron chi connectivity index (χ2n) is 3.06. The van der Waals surface area contributed by atoms with E-state index < -0.39 is 15.8 Å². The van der Waals surface area contributed by atoms with Crippen molar-refractivity contribution in [3.63, 3.8) is 0 Å². The van der Waals surface area contributed by atoms with Gasteiger partial charge in [0.2, 0.25) is 0 Å². The van der Waals surface area contributed by atoms with Gasteiger partial charge in [0, 0.05) is 10.7 Å². The first-order valence-electron chi connectivity index (χ1n) is 4.01. The highest BCUT2D eigenvalue weighted by molar-refractivity contribution is 9.10. The van der Waals surface area contributed by atoms with Gasteiger partial charge in [-0.05, 0) is 17.7 Å². The SMILES string of the molecule is CS(=O)(=O)c1cccc(Br)c1CC(=O)O. The second kappa shape index (κ2) is 4.32. The Balaban J connectivity index is 3.40. The van der Waals surface area contributed by atoms with Gasteiger partial charge in [0.1, 0.15) is 0 Å². The fourth-order valence-electron chi connectivity index (χ4n) is 1.21. The van der Waals surface area contributed by atoms with Crippen molar-refractivity contribution in [2.24, 2.45) is 0 Å². The van der Waals surface area contributed by atoms with Crippen molar-refractivity contribution in [1.29, 1.82) is 0 Å². The molecule has 1 aromatic carbocycles. The Hall–Kier alpha value is -0.880. The van der Waals surface area contributed by atoms with Gasteiger partial charge in [-0.25, -0.2) is 8.42 Å². The van der Waals surface area contributed by atoms with Gasteiger partial charge in [-0.1, -0.05) is 22.0 Å². The summed E-state index contributed by atoms with van der Waals surface area (Å²) in [6.07, 6.45) is 0.740. The van der Waals surface area contributed by atoms with E-state index in [0.717, 1.165) is 6.26 Å². The van der Waals surface area contributed by atoms with Crippen LogP contribution in [-0.4, -0.2) is 25.7 Å². The lowest BCUT2D eigenvalue weighted by atomic mass is 10.1. The van der Waals surface area contributed by atoms with E-state index in [2.05, 4.69) is 15.9 Å². The third-order valence-electron chi connectivity index (χ3n) is 1.80. The molecule has 0 aliphatic heterocycles. The van der Waals surface area contributed by atoms with Crippen molar-refractivity contribution < 1.29 is 18.3 Å². The summed E-state index contributed by atoms with van der Waals surface area (Å²) in [4.78, 5) is 10.6. The van der Waals surface area contributed by atoms with Gasteiger partial charge in [0.25, 0.3) is 0 Å². The summed E-state index contributed by atoms with van der Waals surface area (Å²) in [7, 11) is -3.39. The van der Waals surface area contributed by atoms with Crippen molar-refractivity contribution in [2.75, 3.05) is 6.26 Å². The molecule has 0 heterocycles. The average molecular weight is 293 g/mol. The van der Waals surface area contributed by atoms with E-state index in [1.54, 1.807) is 12.1 Å². The monoisotopic (exact) mass is 292 g/mol. The number of rotatable bonds is 3. The lowest BCUT2D eigenvalue weighted by molar-refractivity contribution is -0.136. The first kappa shape index (κ1) is 12.2. The largest absolute Gasteiger partial charge is 0.481 e. The quantitative estimate of drug-likeness (QED) is 0.916. The topological polar surface area (TPSA) is 71.4 Å². The van der Waals surface area contributed by atoms with Crippen molar-refractivity contribution >= 4 is 31.7 Å². The number of benzene rings is 1. The Bertz CT molecular complexity index is 493. The summed E-state index contributed by atoms with van der Waals surface area (Å²) in [6.45, 7) is 0. The van der Waals surface area contributed by atoms with E-state index in [1.165, 1.54) is 6.07 Å². The van der Waals surface area contributed by atoms with Crippen LogP contribution in [0.1, 0.15) is 5.56 Å². The maximum atomic E-state index is 11.4. The minimum absolute atomic E-state index is 0.0549. The molecule has 4 nitrogen and oxygen atoms in total. The molecule has 1 rings (SSSR count). The number of carbonyl (C=O) groups is 1. The van der Waals surface area contributed by atoms with E-state index in [0.29, 0.717) is 4.47 Å². The zero-order valence-electron chi connectivity index (χ0n) is 7.90. The zero-order chi connectivity index (χ0) is 11.6. The minimum atomic E-state index is -3.39. The van der Waals surface area contributed by atoms with E-state index in [4.69, 9.17) is 5.11 Å². The number of hydrogen-bond donors (Lipinski definition) is 1. The van der Waals surface area contributed by atoms with Gasteiger partial charge in [-0.3, -0.25) is 4.79 Å². The van der Waals surface area contributed by atoms with Gasteiger partial charge in [0.05, 0.1) is 11.3 Å². The third-order valence-corrected chi connectivity index (χ3v) is 3.73. The van der Waals surface area contributed by atoms with Crippen molar-refractivity contribution in [1.82, 2.24) is 0 Å². The molecule has 0 spiro atoms. The minimum Gasteiger partial charge on any atom is -0.481 e. The Morgan fingerprint density at radius 1 is 1.47 bits per heavy atom. The summed E-state index contributed by atoms with van der Waals surface area (Å²) in [5.74, 6) is -1.06. The number of aliphatic carboxylic acids is 1. The Labute approximate surface area is 96.0 Å². The van der Waals surface area contributed by atoms with Crippen molar-refractivity contribution in [3.8, 4) is 0 Å². The molecule has 0 saturated carbocycles. The summed E-state index contributed by atoms with van der Waals surface area (Å²) in [5.41, 5.74) is 0.285.